The van der Waals surface area contributed by atoms with Crippen LogP contribution in [0.2, 0.25) is 0 Å². The molecule has 0 atom stereocenters. The van der Waals surface area contributed by atoms with Gasteiger partial charge in [-0.05, 0) is 24.3 Å². The quantitative estimate of drug-likeness (QED) is 0.688. The molecule has 3 rings (SSSR count). The number of hydrogen-bond donors (Lipinski definition) is 0. The Morgan fingerprint density at radius 3 is 2.56 bits per heavy atom. The molecule has 0 radical (unpaired) electrons. The number of rotatable bonds is 6. The highest BCUT2D eigenvalue weighted by molar-refractivity contribution is 7.90. The first-order valence-corrected chi connectivity index (χ1v) is 9.33. The van der Waals surface area contributed by atoms with Gasteiger partial charge in [-0.15, -0.1) is 0 Å². The number of sulfonamides is 1. The van der Waals surface area contributed by atoms with Gasteiger partial charge in [-0.2, -0.15) is 5.26 Å². The molecule has 0 aromatic heterocycles. The lowest BCUT2D eigenvalue weighted by molar-refractivity contribution is -0.146. The molecule has 1 heterocycles. The smallest absolute Gasteiger partial charge is 0.344 e. The minimum atomic E-state index is -3.93. The molecule has 0 aliphatic carbocycles. The van der Waals surface area contributed by atoms with Gasteiger partial charge in [-0.1, -0.05) is 24.3 Å². The molecule has 0 spiro atoms. The maximum Gasteiger partial charge on any atom is 0.344 e. The Balaban J connectivity index is 1.54. The molecule has 8 nitrogen and oxygen atoms in total. The number of hydrogen-bond acceptors (Lipinski definition) is 7. The highest BCUT2D eigenvalue weighted by Crippen LogP contribution is 2.29. The summed E-state index contributed by atoms with van der Waals surface area (Å²) >= 11 is 0. The molecule has 0 N–H and O–H groups in total. The SMILES string of the molecule is N#Cc1ccccc1OCC(=O)OCCN1C(=O)c2ccccc2S1(=O)=O. The first-order chi connectivity index (χ1) is 12.9. The third-order valence-electron chi connectivity index (χ3n) is 3.82. The minimum Gasteiger partial charge on any atom is -0.481 e. The number of carbonyl (C=O) groups excluding carboxylic acids is 2. The van der Waals surface area contributed by atoms with Crippen molar-refractivity contribution in [1.29, 1.82) is 5.26 Å². The molecule has 1 amide bonds. The van der Waals surface area contributed by atoms with Crippen LogP contribution < -0.4 is 4.74 Å². The topological polar surface area (TPSA) is 114 Å². The van der Waals surface area contributed by atoms with Crippen molar-refractivity contribution >= 4 is 21.9 Å². The van der Waals surface area contributed by atoms with E-state index in [9.17, 15) is 18.0 Å². The summed E-state index contributed by atoms with van der Waals surface area (Å²) in [7, 11) is -3.93. The molecule has 0 bridgehead atoms. The zero-order chi connectivity index (χ0) is 19.4. The van der Waals surface area contributed by atoms with E-state index in [-0.39, 0.29) is 34.9 Å². The summed E-state index contributed by atoms with van der Waals surface area (Å²) < 4.78 is 35.6. The summed E-state index contributed by atoms with van der Waals surface area (Å²) in [5, 5.41) is 8.95. The summed E-state index contributed by atoms with van der Waals surface area (Å²) in [6.07, 6.45) is 0. The van der Waals surface area contributed by atoms with Gasteiger partial charge >= 0.3 is 5.97 Å². The van der Waals surface area contributed by atoms with Crippen LogP contribution in [0.5, 0.6) is 5.75 Å². The predicted molar refractivity (Wildman–Crippen MR) is 92.3 cm³/mol. The average Bonchev–Trinajstić information content (AvgIpc) is 2.87. The number of esters is 1. The molecule has 138 valence electrons. The highest BCUT2D eigenvalue weighted by Gasteiger charge is 2.40. The fourth-order valence-electron chi connectivity index (χ4n) is 2.56. The van der Waals surface area contributed by atoms with Crippen molar-refractivity contribution in [2.75, 3.05) is 19.8 Å². The second-order valence-corrected chi connectivity index (χ2v) is 7.33. The molecular weight excluding hydrogens is 372 g/mol. The van der Waals surface area contributed by atoms with Gasteiger partial charge in [0, 0.05) is 0 Å². The van der Waals surface area contributed by atoms with Crippen molar-refractivity contribution < 1.29 is 27.5 Å². The molecule has 2 aromatic rings. The zero-order valence-electron chi connectivity index (χ0n) is 14.0. The molecule has 1 aliphatic rings. The van der Waals surface area contributed by atoms with E-state index in [0.29, 0.717) is 4.31 Å². The van der Waals surface area contributed by atoms with Gasteiger partial charge in [-0.25, -0.2) is 17.5 Å². The van der Waals surface area contributed by atoms with E-state index in [4.69, 9.17) is 14.7 Å². The summed E-state index contributed by atoms with van der Waals surface area (Å²) in [6, 6.07) is 14.2. The fourth-order valence-corrected chi connectivity index (χ4v) is 4.11. The van der Waals surface area contributed by atoms with Crippen LogP contribution in [0, 0.1) is 11.3 Å². The Morgan fingerprint density at radius 2 is 1.81 bits per heavy atom. The first kappa shape index (κ1) is 18.4. The number of benzene rings is 2. The van der Waals surface area contributed by atoms with Gasteiger partial charge in [0.1, 0.15) is 23.3 Å². The molecule has 0 unspecified atom stereocenters. The second kappa shape index (κ2) is 7.47. The summed E-state index contributed by atoms with van der Waals surface area (Å²) in [6.45, 7) is -1.04. The van der Waals surface area contributed by atoms with Crippen LogP contribution >= 0.6 is 0 Å². The van der Waals surface area contributed by atoms with Gasteiger partial charge in [0.2, 0.25) is 0 Å². The van der Waals surface area contributed by atoms with Crippen molar-refractivity contribution in [3.63, 3.8) is 0 Å². The van der Waals surface area contributed by atoms with E-state index in [2.05, 4.69) is 0 Å². The Hall–Kier alpha value is -3.38. The number of carbonyl (C=O) groups is 2. The van der Waals surface area contributed by atoms with Crippen LogP contribution in [-0.2, 0) is 19.6 Å². The number of nitriles is 1. The van der Waals surface area contributed by atoms with E-state index in [0.717, 1.165) is 0 Å². The Kier molecular flexibility index (Phi) is 5.09. The molecule has 9 heteroatoms. The predicted octanol–water partition coefficient (Wildman–Crippen LogP) is 1.32. The average molecular weight is 386 g/mol. The normalized spacial score (nSPS) is 14.3. The van der Waals surface area contributed by atoms with E-state index >= 15 is 0 Å². The molecule has 1 aliphatic heterocycles. The lowest BCUT2D eigenvalue weighted by Crippen LogP contribution is -2.34. The summed E-state index contributed by atoms with van der Waals surface area (Å²) in [4.78, 5) is 23.9. The second-order valence-electron chi connectivity index (χ2n) is 5.50. The van der Waals surface area contributed by atoms with Crippen LogP contribution in [-0.4, -0.2) is 44.4 Å². The van der Waals surface area contributed by atoms with Crippen LogP contribution in [0.4, 0.5) is 0 Å². The van der Waals surface area contributed by atoms with Crippen molar-refractivity contribution in [2.24, 2.45) is 0 Å². The Morgan fingerprint density at radius 1 is 1.11 bits per heavy atom. The summed E-state index contributed by atoms with van der Waals surface area (Å²) in [5.41, 5.74) is 0.372. The fraction of sp³-hybridized carbons (Fsp3) is 0.167. The monoisotopic (exact) mass is 386 g/mol. The highest BCUT2D eigenvalue weighted by atomic mass is 32.2. The van der Waals surface area contributed by atoms with Crippen molar-refractivity contribution in [2.45, 2.75) is 4.90 Å². The third kappa shape index (κ3) is 3.61. The van der Waals surface area contributed by atoms with Gasteiger partial charge in [0.25, 0.3) is 15.9 Å². The summed E-state index contributed by atoms with van der Waals surface area (Å²) in [5.74, 6) is -1.16. The van der Waals surface area contributed by atoms with Crippen LogP contribution in [0.3, 0.4) is 0 Å². The van der Waals surface area contributed by atoms with Crippen LogP contribution in [0.15, 0.2) is 53.4 Å². The molecule has 0 saturated heterocycles. The number of nitrogens with zero attached hydrogens (tertiary/aromatic N) is 2. The zero-order valence-corrected chi connectivity index (χ0v) is 14.8. The number of amides is 1. The van der Waals surface area contributed by atoms with Crippen molar-refractivity contribution in [3.8, 4) is 11.8 Å². The van der Waals surface area contributed by atoms with E-state index in [1.54, 1.807) is 30.3 Å². The van der Waals surface area contributed by atoms with Crippen LogP contribution in [0.25, 0.3) is 0 Å². The van der Waals surface area contributed by atoms with Crippen LogP contribution in [0.1, 0.15) is 15.9 Å². The maximum absolute atomic E-state index is 12.4. The van der Waals surface area contributed by atoms with E-state index in [1.165, 1.54) is 18.2 Å². The lowest BCUT2D eigenvalue weighted by Gasteiger charge is -2.15. The number of ether oxygens (including phenoxy) is 2. The largest absolute Gasteiger partial charge is 0.481 e. The van der Waals surface area contributed by atoms with Crippen molar-refractivity contribution in [3.05, 3.63) is 59.7 Å². The molecule has 27 heavy (non-hydrogen) atoms. The minimum absolute atomic E-state index is 0.0576. The number of para-hydroxylation sites is 1. The molecule has 2 aromatic carbocycles. The van der Waals surface area contributed by atoms with Gasteiger partial charge in [-0.3, -0.25) is 4.79 Å². The van der Waals surface area contributed by atoms with Gasteiger partial charge in [0.15, 0.2) is 6.61 Å². The van der Waals surface area contributed by atoms with E-state index < -0.39 is 28.5 Å². The molecule has 0 fully saturated rings. The molecule has 0 saturated carbocycles. The Labute approximate surface area is 155 Å². The van der Waals surface area contributed by atoms with Gasteiger partial charge < -0.3 is 9.47 Å². The van der Waals surface area contributed by atoms with E-state index in [1.807, 2.05) is 6.07 Å². The lowest BCUT2D eigenvalue weighted by atomic mass is 10.2. The maximum atomic E-state index is 12.4. The standard InChI is InChI=1S/C18H14N2O6S/c19-11-13-5-1-3-7-15(13)26-12-17(21)25-10-9-20-18(22)14-6-2-4-8-16(14)27(20,23)24/h1-8H,9-10,12H2. The number of fused-ring (bicyclic) bond motifs is 1. The van der Waals surface area contributed by atoms with Crippen molar-refractivity contribution in [1.82, 2.24) is 4.31 Å². The molecular formula is C18H14N2O6S. The van der Waals surface area contributed by atoms with Gasteiger partial charge in [0.05, 0.1) is 17.7 Å². The Bertz CT molecular complexity index is 1040. The third-order valence-corrected chi connectivity index (χ3v) is 5.66. The first-order valence-electron chi connectivity index (χ1n) is 7.89.